The fourth-order valence-electron chi connectivity index (χ4n) is 4.03. The van der Waals surface area contributed by atoms with Crippen LogP contribution in [0.3, 0.4) is 0 Å². The van der Waals surface area contributed by atoms with Crippen LogP contribution in [0.15, 0.2) is 48.8 Å². The van der Waals surface area contributed by atoms with E-state index < -0.39 is 0 Å². The molecular formula is C21H23N3O2. The number of pyridine rings is 1. The molecule has 134 valence electrons. The first-order valence-electron chi connectivity index (χ1n) is 9.11. The van der Waals surface area contributed by atoms with Crippen LogP contribution in [0.25, 0.3) is 0 Å². The molecule has 1 N–H and O–H groups in total. The summed E-state index contributed by atoms with van der Waals surface area (Å²) in [6, 6.07) is 11.5. The molecule has 1 aromatic carbocycles. The van der Waals surface area contributed by atoms with Crippen LogP contribution in [-0.4, -0.2) is 34.8 Å². The van der Waals surface area contributed by atoms with Gasteiger partial charge in [-0.2, -0.15) is 0 Å². The highest BCUT2D eigenvalue weighted by atomic mass is 16.2. The van der Waals surface area contributed by atoms with Crippen LogP contribution in [0.4, 0.5) is 0 Å². The minimum Gasteiger partial charge on any atom is -0.352 e. The van der Waals surface area contributed by atoms with Crippen LogP contribution in [0.2, 0.25) is 0 Å². The third-order valence-corrected chi connectivity index (χ3v) is 5.77. The number of rotatable bonds is 4. The summed E-state index contributed by atoms with van der Waals surface area (Å²) in [6.07, 6.45) is 5.25. The molecule has 0 unspecified atom stereocenters. The van der Waals surface area contributed by atoms with Gasteiger partial charge in [0.05, 0.1) is 0 Å². The van der Waals surface area contributed by atoms with Gasteiger partial charge in [-0.3, -0.25) is 14.6 Å². The van der Waals surface area contributed by atoms with Crippen molar-refractivity contribution in [1.82, 2.24) is 15.2 Å². The smallest absolute Gasteiger partial charge is 0.254 e. The molecule has 1 saturated carbocycles. The van der Waals surface area contributed by atoms with E-state index in [2.05, 4.69) is 10.3 Å². The van der Waals surface area contributed by atoms with Crippen LogP contribution >= 0.6 is 0 Å². The summed E-state index contributed by atoms with van der Waals surface area (Å²) in [5.74, 6) is 0.217. The summed E-state index contributed by atoms with van der Waals surface area (Å²) in [5, 5.41) is 3.03. The van der Waals surface area contributed by atoms with E-state index in [-0.39, 0.29) is 23.1 Å². The van der Waals surface area contributed by atoms with Crippen molar-refractivity contribution in [2.45, 2.75) is 26.3 Å². The van der Waals surface area contributed by atoms with Crippen molar-refractivity contribution >= 4 is 11.8 Å². The van der Waals surface area contributed by atoms with Gasteiger partial charge >= 0.3 is 0 Å². The van der Waals surface area contributed by atoms with E-state index in [0.717, 1.165) is 36.1 Å². The van der Waals surface area contributed by atoms with Crippen LogP contribution in [0.5, 0.6) is 0 Å². The maximum absolute atomic E-state index is 12.8. The lowest BCUT2D eigenvalue weighted by Crippen LogP contribution is -2.31. The van der Waals surface area contributed by atoms with E-state index in [1.165, 1.54) is 0 Å². The summed E-state index contributed by atoms with van der Waals surface area (Å²) in [4.78, 5) is 31.2. The molecule has 2 amide bonds. The predicted molar refractivity (Wildman–Crippen MR) is 98.3 cm³/mol. The monoisotopic (exact) mass is 349 g/mol. The molecule has 4 rings (SSSR count). The highest BCUT2D eigenvalue weighted by Crippen LogP contribution is 2.58. The number of carbonyl (C=O) groups excluding carboxylic acids is 2. The molecule has 2 atom stereocenters. The minimum atomic E-state index is -0.0132. The van der Waals surface area contributed by atoms with Gasteiger partial charge in [-0.25, -0.2) is 0 Å². The summed E-state index contributed by atoms with van der Waals surface area (Å²) in [7, 11) is 0. The van der Waals surface area contributed by atoms with Crippen molar-refractivity contribution < 1.29 is 9.59 Å². The molecule has 5 heteroatoms. The number of benzene rings is 1. The molecule has 5 nitrogen and oxygen atoms in total. The lowest BCUT2D eigenvalue weighted by Gasteiger charge is -2.18. The molecule has 2 heterocycles. The number of nitrogens with zero attached hydrogens (tertiary/aromatic N) is 2. The second-order valence-electron chi connectivity index (χ2n) is 7.48. The second-order valence-corrected chi connectivity index (χ2v) is 7.48. The molecule has 1 saturated heterocycles. The summed E-state index contributed by atoms with van der Waals surface area (Å²) in [5.41, 5.74) is 2.80. The van der Waals surface area contributed by atoms with E-state index in [1.54, 1.807) is 12.4 Å². The standard InChI is InChI=1S/C21H23N3O2/c1-15-4-2-3-5-17(15)20(26)24-11-8-21(14-24)12-18(21)19(25)23-13-16-6-9-22-10-7-16/h2-7,9-10,18H,8,11-14H2,1H3,(H,23,25)/t18-,21+/m1/s1. The predicted octanol–water partition coefficient (Wildman–Crippen LogP) is 2.56. The number of amides is 2. The van der Waals surface area contributed by atoms with E-state index >= 15 is 0 Å². The Balaban J connectivity index is 1.35. The molecule has 0 bridgehead atoms. The molecule has 26 heavy (non-hydrogen) atoms. The first-order chi connectivity index (χ1) is 12.6. The first kappa shape index (κ1) is 16.8. The third kappa shape index (κ3) is 3.09. The highest BCUT2D eigenvalue weighted by molar-refractivity contribution is 5.96. The maximum atomic E-state index is 12.8. The summed E-state index contributed by atoms with van der Waals surface area (Å²) in [6.45, 7) is 3.92. The van der Waals surface area contributed by atoms with Gasteiger partial charge in [0.25, 0.3) is 5.91 Å². The Bertz CT molecular complexity index is 836. The zero-order valence-corrected chi connectivity index (χ0v) is 14.9. The van der Waals surface area contributed by atoms with Crippen LogP contribution < -0.4 is 5.32 Å². The van der Waals surface area contributed by atoms with Gasteiger partial charge < -0.3 is 10.2 Å². The fraction of sp³-hybridized carbons (Fsp3) is 0.381. The Labute approximate surface area is 153 Å². The molecule has 2 aromatic rings. The van der Waals surface area contributed by atoms with E-state index in [4.69, 9.17) is 0 Å². The Morgan fingerprint density at radius 2 is 2.00 bits per heavy atom. The number of carbonyl (C=O) groups is 2. The zero-order chi connectivity index (χ0) is 18.1. The quantitative estimate of drug-likeness (QED) is 0.923. The van der Waals surface area contributed by atoms with Crippen molar-refractivity contribution in [1.29, 1.82) is 0 Å². The van der Waals surface area contributed by atoms with Gasteiger partial charge in [-0.05, 0) is 49.1 Å². The Hall–Kier alpha value is -2.69. The van der Waals surface area contributed by atoms with Crippen molar-refractivity contribution in [3.8, 4) is 0 Å². The average Bonchev–Trinajstić information content (AvgIpc) is 3.20. The molecule has 1 spiro atoms. The molecule has 0 radical (unpaired) electrons. The van der Waals surface area contributed by atoms with Crippen LogP contribution in [0.1, 0.15) is 34.3 Å². The van der Waals surface area contributed by atoms with Gasteiger partial charge in [0, 0.05) is 48.9 Å². The topological polar surface area (TPSA) is 62.3 Å². The summed E-state index contributed by atoms with van der Waals surface area (Å²) < 4.78 is 0. The van der Waals surface area contributed by atoms with Gasteiger partial charge in [0.1, 0.15) is 0 Å². The lowest BCUT2D eigenvalue weighted by molar-refractivity contribution is -0.123. The number of aromatic nitrogens is 1. The molecule has 1 aliphatic carbocycles. The van der Waals surface area contributed by atoms with Gasteiger partial charge in [0.15, 0.2) is 0 Å². The fourth-order valence-corrected chi connectivity index (χ4v) is 4.03. The maximum Gasteiger partial charge on any atom is 0.254 e. The first-order valence-corrected chi connectivity index (χ1v) is 9.11. The largest absolute Gasteiger partial charge is 0.352 e. The van der Waals surface area contributed by atoms with Crippen molar-refractivity contribution in [3.63, 3.8) is 0 Å². The Kier molecular flexibility index (Phi) is 4.23. The van der Waals surface area contributed by atoms with Crippen LogP contribution in [0, 0.1) is 18.3 Å². The van der Waals surface area contributed by atoms with Crippen LogP contribution in [-0.2, 0) is 11.3 Å². The van der Waals surface area contributed by atoms with Gasteiger partial charge in [-0.15, -0.1) is 0 Å². The molecule has 2 aliphatic rings. The average molecular weight is 349 g/mol. The number of likely N-dealkylation sites (tertiary alicyclic amines) is 1. The number of hydrogen-bond acceptors (Lipinski definition) is 3. The zero-order valence-electron chi connectivity index (χ0n) is 14.9. The lowest BCUT2D eigenvalue weighted by atomic mass is 10.0. The minimum absolute atomic E-state index is 0.0132. The van der Waals surface area contributed by atoms with Crippen molar-refractivity contribution in [2.24, 2.45) is 11.3 Å². The summed E-state index contributed by atoms with van der Waals surface area (Å²) >= 11 is 0. The number of aryl methyl sites for hydroxylation is 1. The van der Waals surface area contributed by atoms with E-state index in [9.17, 15) is 9.59 Å². The molecular weight excluding hydrogens is 326 g/mol. The normalized spacial score (nSPS) is 23.9. The number of nitrogens with one attached hydrogen (secondary N) is 1. The van der Waals surface area contributed by atoms with Crippen molar-refractivity contribution in [2.75, 3.05) is 13.1 Å². The SMILES string of the molecule is Cc1ccccc1C(=O)N1CC[C@]2(C[C@@H]2C(=O)NCc2ccncc2)C1. The molecule has 1 aromatic heterocycles. The van der Waals surface area contributed by atoms with Gasteiger partial charge in [-0.1, -0.05) is 18.2 Å². The third-order valence-electron chi connectivity index (χ3n) is 5.77. The molecule has 1 aliphatic heterocycles. The number of hydrogen-bond donors (Lipinski definition) is 1. The van der Waals surface area contributed by atoms with E-state index in [0.29, 0.717) is 13.1 Å². The van der Waals surface area contributed by atoms with Gasteiger partial charge in [0.2, 0.25) is 5.91 Å². The Morgan fingerprint density at radius 1 is 1.23 bits per heavy atom. The molecule has 2 fully saturated rings. The van der Waals surface area contributed by atoms with E-state index in [1.807, 2.05) is 48.2 Å². The second kappa shape index (κ2) is 6.56. The van der Waals surface area contributed by atoms with Crippen molar-refractivity contribution in [3.05, 3.63) is 65.5 Å². The Morgan fingerprint density at radius 3 is 2.77 bits per heavy atom. The highest BCUT2D eigenvalue weighted by Gasteiger charge is 2.61.